The van der Waals surface area contributed by atoms with Gasteiger partial charge >= 0.3 is 0 Å². The predicted octanol–water partition coefficient (Wildman–Crippen LogP) is 2.62. The highest BCUT2D eigenvalue weighted by atomic mass is 79.9. The number of halogens is 1. The number of aromatic nitrogens is 1. The van der Waals surface area contributed by atoms with Gasteiger partial charge in [0.1, 0.15) is 0 Å². The number of aliphatic hydroxyl groups is 1. The van der Waals surface area contributed by atoms with Crippen LogP contribution in [-0.4, -0.2) is 16.6 Å². The molecule has 0 radical (unpaired) electrons. The van der Waals surface area contributed by atoms with E-state index in [2.05, 4.69) is 20.9 Å². The molecule has 0 saturated heterocycles. The van der Waals surface area contributed by atoms with Crippen molar-refractivity contribution in [2.75, 3.05) is 6.54 Å². The topological polar surface area (TPSA) is 59.1 Å². The molecule has 2 aromatic rings. The van der Waals surface area contributed by atoms with E-state index in [0.717, 1.165) is 15.6 Å². The minimum atomic E-state index is -0.644. The molecule has 0 amide bonds. The summed E-state index contributed by atoms with van der Waals surface area (Å²) in [6.07, 6.45) is 2.81. The molecule has 4 heteroatoms. The van der Waals surface area contributed by atoms with Crippen LogP contribution >= 0.6 is 15.9 Å². The van der Waals surface area contributed by atoms with Crippen molar-refractivity contribution in [1.29, 1.82) is 0 Å². The van der Waals surface area contributed by atoms with Crippen molar-refractivity contribution >= 4 is 15.9 Å². The monoisotopic (exact) mass is 306 g/mol. The molecule has 3 N–H and O–H groups in total. The zero-order valence-corrected chi connectivity index (χ0v) is 11.4. The molecule has 0 aliphatic carbocycles. The highest BCUT2D eigenvalue weighted by molar-refractivity contribution is 9.10. The number of benzene rings is 1. The van der Waals surface area contributed by atoms with Crippen LogP contribution < -0.4 is 5.73 Å². The van der Waals surface area contributed by atoms with Crippen molar-refractivity contribution in [2.24, 2.45) is 5.73 Å². The Hall–Kier alpha value is -1.23. The maximum Gasteiger partial charge on any atom is 0.0882 e. The van der Waals surface area contributed by atoms with Gasteiger partial charge in [0.25, 0.3) is 0 Å². The van der Waals surface area contributed by atoms with Crippen molar-refractivity contribution in [3.8, 4) is 0 Å². The van der Waals surface area contributed by atoms with Gasteiger partial charge in [-0.3, -0.25) is 4.98 Å². The lowest BCUT2D eigenvalue weighted by molar-refractivity contribution is 0.146. The van der Waals surface area contributed by atoms with E-state index in [4.69, 9.17) is 5.73 Å². The minimum Gasteiger partial charge on any atom is -0.388 e. The number of aliphatic hydroxyl groups excluding tert-OH is 1. The van der Waals surface area contributed by atoms with Crippen LogP contribution in [-0.2, 0) is 0 Å². The molecule has 2 unspecified atom stereocenters. The van der Waals surface area contributed by atoms with Gasteiger partial charge in [0.2, 0.25) is 0 Å². The zero-order chi connectivity index (χ0) is 13.0. The van der Waals surface area contributed by atoms with Gasteiger partial charge in [-0.15, -0.1) is 0 Å². The molecule has 1 heterocycles. The summed E-state index contributed by atoms with van der Waals surface area (Å²) in [5.41, 5.74) is 7.58. The van der Waals surface area contributed by atoms with Gasteiger partial charge in [0.15, 0.2) is 0 Å². The van der Waals surface area contributed by atoms with Crippen molar-refractivity contribution in [3.63, 3.8) is 0 Å². The number of nitrogens with zero attached hydrogens (tertiary/aromatic N) is 1. The van der Waals surface area contributed by atoms with Crippen LogP contribution in [0.4, 0.5) is 0 Å². The number of nitrogens with two attached hydrogens (primary N) is 1. The molecule has 0 aliphatic rings. The van der Waals surface area contributed by atoms with Gasteiger partial charge in [-0.2, -0.15) is 0 Å². The molecule has 94 valence electrons. The largest absolute Gasteiger partial charge is 0.388 e. The summed E-state index contributed by atoms with van der Waals surface area (Å²) in [6, 6.07) is 11.4. The first kappa shape index (κ1) is 13.2. The summed E-state index contributed by atoms with van der Waals surface area (Å²) < 4.78 is 0.889. The van der Waals surface area contributed by atoms with Crippen molar-refractivity contribution in [3.05, 3.63) is 64.4 Å². The standard InChI is InChI=1S/C14H15BrN2O/c15-13-6-2-1-5-11(13)14(18)12(8-16)10-4-3-7-17-9-10/h1-7,9,12,14,18H,8,16H2. The molecule has 1 aromatic carbocycles. The first-order chi connectivity index (χ1) is 8.74. The molecule has 2 atom stereocenters. The van der Waals surface area contributed by atoms with Crippen LogP contribution in [0.2, 0.25) is 0 Å². The Morgan fingerprint density at radius 2 is 2.00 bits per heavy atom. The van der Waals surface area contributed by atoms with E-state index in [-0.39, 0.29) is 5.92 Å². The van der Waals surface area contributed by atoms with Gasteiger partial charge in [0, 0.05) is 29.3 Å². The second kappa shape index (κ2) is 6.09. The van der Waals surface area contributed by atoms with Crippen LogP contribution in [0.3, 0.4) is 0 Å². The Kier molecular flexibility index (Phi) is 4.47. The summed E-state index contributed by atoms with van der Waals surface area (Å²) in [7, 11) is 0. The Labute approximate surface area is 115 Å². The van der Waals surface area contributed by atoms with E-state index in [9.17, 15) is 5.11 Å². The molecule has 2 rings (SSSR count). The van der Waals surface area contributed by atoms with E-state index in [1.807, 2.05) is 36.4 Å². The van der Waals surface area contributed by atoms with Crippen LogP contribution in [0.15, 0.2) is 53.3 Å². The van der Waals surface area contributed by atoms with Crippen LogP contribution in [0.25, 0.3) is 0 Å². The average Bonchev–Trinajstić information content (AvgIpc) is 2.41. The fourth-order valence-electron chi connectivity index (χ4n) is 1.97. The Morgan fingerprint density at radius 1 is 1.22 bits per heavy atom. The second-order valence-corrected chi connectivity index (χ2v) is 4.95. The maximum absolute atomic E-state index is 10.5. The van der Waals surface area contributed by atoms with Gasteiger partial charge < -0.3 is 10.8 Å². The highest BCUT2D eigenvalue weighted by Gasteiger charge is 2.23. The third-order valence-corrected chi connectivity index (χ3v) is 3.69. The average molecular weight is 307 g/mol. The molecule has 0 fully saturated rings. The first-order valence-electron chi connectivity index (χ1n) is 5.76. The zero-order valence-electron chi connectivity index (χ0n) is 9.83. The Bertz CT molecular complexity index is 504. The predicted molar refractivity (Wildman–Crippen MR) is 75.1 cm³/mol. The van der Waals surface area contributed by atoms with Gasteiger partial charge in [-0.1, -0.05) is 40.2 Å². The fourth-order valence-corrected chi connectivity index (χ4v) is 2.49. The van der Waals surface area contributed by atoms with E-state index in [1.54, 1.807) is 12.4 Å². The normalized spacial score (nSPS) is 14.2. The van der Waals surface area contributed by atoms with E-state index < -0.39 is 6.10 Å². The first-order valence-corrected chi connectivity index (χ1v) is 6.56. The summed E-state index contributed by atoms with van der Waals surface area (Å²) in [4.78, 5) is 4.07. The lowest BCUT2D eigenvalue weighted by Crippen LogP contribution is -2.20. The molecule has 0 bridgehead atoms. The van der Waals surface area contributed by atoms with Gasteiger partial charge in [0.05, 0.1) is 6.10 Å². The molecule has 3 nitrogen and oxygen atoms in total. The van der Waals surface area contributed by atoms with Gasteiger partial charge in [-0.25, -0.2) is 0 Å². The SMILES string of the molecule is NCC(c1cccnc1)C(O)c1ccccc1Br. The Balaban J connectivity index is 2.32. The summed E-state index contributed by atoms with van der Waals surface area (Å²) in [6.45, 7) is 0.369. The number of hydrogen-bond acceptors (Lipinski definition) is 3. The molecular formula is C14H15BrN2O. The van der Waals surface area contributed by atoms with Crippen molar-refractivity contribution in [1.82, 2.24) is 4.98 Å². The molecule has 0 aliphatic heterocycles. The van der Waals surface area contributed by atoms with Crippen LogP contribution in [0, 0.1) is 0 Å². The molecule has 0 spiro atoms. The molecule has 0 saturated carbocycles. The van der Waals surface area contributed by atoms with Crippen molar-refractivity contribution < 1.29 is 5.11 Å². The third kappa shape index (κ3) is 2.77. The minimum absolute atomic E-state index is 0.155. The van der Waals surface area contributed by atoms with E-state index in [0.29, 0.717) is 6.54 Å². The number of rotatable bonds is 4. The van der Waals surface area contributed by atoms with E-state index >= 15 is 0 Å². The maximum atomic E-state index is 10.5. The van der Waals surface area contributed by atoms with Crippen LogP contribution in [0.5, 0.6) is 0 Å². The lowest BCUT2D eigenvalue weighted by atomic mass is 9.90. The summed E-state index contributed by atoms with van der Waals surface area (Å²) in [5, 5.41) is 10.5. The highest BCUT2D eigenvalue weighted by Crippen LogP contribution is 2.33. The third-order valence-electron chi connectivity index (χ3n) is 2.97. The summed E-state index contributed by atoms with van der Waals surface area (Å²) >= 11 is 3.45. The van der Waals surface area contributed by atoms with Crippen molar-refractivity contribution in [2.45, 2.75) is 12.0 Å². The number of pyridine rings is 1. The fraction of sp³-hybridized carbons (Fsp3) is 0.214. The summed E-state index contributed by atoms with van der Waals surface area (Å²) in [5.74, 6) is -0.155. The van der Waals surface area contributed by atoms with Gasteiger partial charge in [-0.05, 0) is 23.3 Å². The lowest BCUT2D eigenvalue weighted by Gasteiger charge is -2.22. The molecule has 18 heavy (non-hydrogen) atoms. The number of hydrogen-bond donors (Lipinski definition) is 2. The molecule has 1 aromatic heterocycles. The smallest absolute Gasteiger partial charge is 0.0882 e. The van der Waals surface area contributed by atoms with E-state index in [1.165, 1.54) is 0 Å². The van der Waals surface area contributed by atoms with Crippen LogP contribution in [0.1, 0.15) is 23.1 Å². The molecular weight excluding hydrogens is 292 g/mol. The second-order valence-electron chi connectivity index (χ2n) is 4.09. The quantitative estimate of drug-likeness (QED) is 0.913. The Morgan fingerprint density at radius 3 is 2.61 bits per heavy atom.